The van der Waals surface area contributed by atoms with Gasteiger partial charge in [0.25, 0.3) is 6.01 Å². The van der Waals surface area contributed by atoms with Crippen molar-refractivity contribution in [2.45, 2.75) is 50.2 Å². The van der Waals surface area contributed by atoms with Crippen molar-refractivity contribution in [3.63, 3.8) is 0 Å². The van der Waals surface area contributed by atoms with Gasteiger partial charge in [-0.15, -0.1) is 0 Å². The van der Waals surface area contributed by atoms with Gasteiger partial charge in [-0.2, -0.15) is 4.98 Å². The summed E-state index contributed by atoms with van der Waals surface area (Å²) in [6.07, 6.45) is 8.24. The van der Waals surface area contributed by atoms with Crippen LogP contribution in [0.5, 0.6) is 0 Å². The molecule has 0 aromatic carbocycles. The first-order chi connectivity index (χ1) is 9.59. The first-order valence-electron chi connectivity index (χ1n) is 7.65. The molecule has 0 saturated heterocycles. The van der Waals surface area contributed by atoms with E-state index < -0.39 is 0 Å². The number of nitrogens with zero attached hydrogens (tertiary/aromatic N) is 3. The Hall–Kier alpha value is -1.07. The van der Waals surface area contributed by atoms with Crippen molar-refractivity contribution in [1.82, 2.24) is 15.2 Å². The zero-order valence-electron chi connectivity index (χ0n) is 12.9. The molecule has 0 spiro atoms. The molecule has 2 fully saturated rings. The van der Waals surface area contributed by atoms with Crippen LogP contribution in [0, 0.1) is 0 Å². The van der Waals surface area contributed by atoms with Crippen LogP contribution in [-0.2, 0) is 6.54 Å². The predicted molar refractivity (Wildman–Crippen MR) is 79.9 cm³/mol. The molecule has 0 bridgehead atoms. The van der Waals surface area contributed by atoms with Crippen molar-refractivity contribution in [2.24, 2.45) is 0 Å². The fraction of sp³-hybridized carbons (Fsp3) is 0.800. The van der Waals surface area contributed by atoms with E-state index in [0.717, 1.165) is 24.8 Å². The van der Waals surface area contributed by atoms with E-state index in [1.54, 1.807) is 6.26 Å². The number of oxazole rings is 1. The Kier molecular flexibility index (Phi) is 3.73. The fourth-order valence-electron chi connectivity index (χ4n) is 2.93. The number of rotatable bonds is 7. The largest absolute Gasteiger partial charge is 0.432 e. The second kappa shape index (κ2) is 5.37. The summed E-state index contributed by atoms with van der Waals surface area (Å²) in [4.78, 5) is 9.10. The Morgan fingerprint density at radius 1 is 1.35 bits per heavy atom. The van der Waals surface area contributed by atoms with Crippen LogP contribution in [-0.4, -0.2) is 49.2 Å². The van der Waals surface area contributed by atoms with Gasteiger partial charge in [0.15, 0.2) is 0 Å². The zero-order chi connectivity index (χ0) is 14.2. The molecule has 20 heavy (non-hydrogen) atoms. The quantitative estimate of drug-likeness (QED) is 0.824. The lowest BCUT2D eigenvalue weighted by Gasteiger charge is -2.48. The van der Waals surface area contributed by atoms with Crippen LogP contribution in [0.15, 0.2) is 10.7 Å². The topological polar surface area (TPSA) is 44.5 Å². The zero-order valence-corrected chi connectivity index (χ0v) is 12.9. The van der Waals surface area contributed by atoms with Crippen molar-refractivity contribution in [1.29, 1.82) is 0 Å². The highest BCUT2D eigenvalue weighted by Gasteiger charge is 2.40. The lowest BCUT2D eigenvalue weighted by molar-refractivity contribution is 0.0673. The minimum Gasteiger partial charge on any atom is -0.432 e. The van der Waals surface area contributed by atoms with Crippen LogP contribution < -0.4 is 10.2 Å². The van der Waals surface area contributed by atoms with Crippen LogP contribution in [0.2, 0.25) is 0 Å². The number of anilines is 1. The van der Waals surface area contributed by atoms with Gasteiger partial charge in [-0.3, -0.25) is 0 Å². The van der Waals surface area contributed by atoms with Crippen LogP contribution in [0.4, 0.5) is 6.01 Å². The average molecular weight is 278 g/mol. The lowest BCUT2D eigenvalue weighted by Crippen LogP contribution is -2.56. The van der Waals surface area contributed by atoms with Crippen LogP contribution in [0.25, 0.3) is 0 Å². The Bertz CT molecular complexity index is 448. The molecule has 0 unspecified atom stereocenters. The summed E-state index contributed by atoms with van der Waals surface area (Å²) < 4.78 is 5.63. The van der Waals surface area contributed by atoms with Crippen molar-refractivity contribution in [2.75, 3.05) is 32.6 Å². The van der Waals surface area contributed by atoms with E-state index in [1.807, 2.05) is 0 Å². The third-order valence-electron chi connectivity index (χ3n) is 4.78. The third kappa shape index (κ3) is 2.83. The number of hydrogen-bond acceptors (Lipinski definition) is 5. The first kappa shape index (κ1) is 13.9. The van der Waals surface area contributed by atoms with Gasteiger partial charge in [-0.1, -0.05) is 0 Å². The Labute approximate surface area is 121 Å². The summed E-state index contributed by atoms with van der Waals surface area (Å²) >= 11 is 0. The Balaban J connectivity index is 1.57. The van der Waals surface area contributed by atoms with E-state index in [0.29, 0.717) is 11.6 Å². The summed E-state index contributed by atoms with van der Waals surface area (Å²) in [5, 5.41) is 3.46. The molecule has 0 aliphatic heterocycles. The molecular weight excluding hydrogens is 252 g/mol. The first-order valence-corrected chi connectivity index (χ1v) is 7.65. The summed E-state index contributed by atoms with van der Waals surface area (Å²) in [6, 6.07) is 1.45. The highest BCUT2D eigenvalue weighted by atomic mass is 16.4. The average Bonchev–Trinajstić information content (AvgIpc) is 3.07. The standard InChI is InChI=1S/C15H26N4O/c1-18(2)15(7-4-8-15)11-19(3)14-17-13(10-20-14)9-16-12-5-6-12/h10,12,16H,4-9,11H2,1-3H3. The third-order valence-corrected chi connectivity index (χ3v) is 4.78. The molecule has 3 rings (SSSR count). The molecule has 5 heteroatoms. The number of aromatic nitrogens is 1. The smallest absolute Gasteiger partial charge is 0.297 e. The molecule has 0 radical (unpaired) electrons. The summed E-state index contributed by atoms with van der Waals surface area (Å²) in [5.41, 5.74) is 1.31. The molecule has 2 aliphatic rings. The van der Waals surface area contributed by atoms with E-state index in [9.17, 15) is 0 Å². The molecule has 0 amide bonds. The van der Waals surface area contributed by atoms with Gasteiger partial charge in [-0.25, -0.2) is 0 Å². The van der Waals surface area contributed by atoms with Crippen molar-refractivity contribution in [3.05, 3.63) is 12.0 Å². The number of likely N-dealkylation sites (N-methyl/N-ethyl adjacent to an activating group) is 2. The van der Waals surface area contributed by atoms with Gasteiger partial charge in [0.05, 0.1) is 5.69 Å². The molecule has 1 heterocycles. The Morgan fingerprint density at radius 2 is 2.10 bits per heavy atom. The SMILES string of the molecule is CN(CC1(N(C)C)CCC1)c1nc(CNC2CC2)co1. The minimum absolute atomic E-state index is 0.301. The maximum absolute atomic E-state index is 5.63. The second-order valence-corrected chi connectivity index (χ2v) is 6.60. The fourth-order valence-corrected chi connectivity index (χ4v) is 2.93. The maximum atomic E-state index is 5.63. The highest BCUT2D eigenvalue weighted by Crippen LogP contribution is 2.37. The van der Waals surface area contributed by atoms with E-state index in [4.69, 9.17) is 4.42 Å². The lowest BCUT2D eigenvalue weighted by atomic mass is 9.75. The van der Waals surface area contributed by atoms with Gasteiger partial charge < -0.3 is 19.5 Å². The molecule has 1 N–H and O–H groups in total. The van der Waals surface area contributed by atoms with Crippen LogP contribution >= 0.6 is 0 Å². The van der Waals surface area contributed by atoms with Crippen LogP contribution in [0.3, 0.4) is 0 Å². The van der Waals surface area contributed by atoms with Gasteiger partial charge in [0.1, 0.15) is 6.26 Å². The molecule has 2 saturated carbocycles. The van der Waals surface area contributed by atoms with Crippen molar-refractivity contribution >= 4 is 6.01 Å². The summed E-state index contributed by atoms with van der Waals surface area (Å²) in [6.45, 7) is 1.80. The normalized spacial score (nSPS) is 21.0. The van der Waals surface area contributed by atoms with E-state index >= 15 is 0 Å². The van der Waals surface area contributed by atoms with Crippen LogP contribution in [0.1, 0.15) is 37.8 Å². The number of hydrogen-bond donors (Lipinski definition) is 1. The predicted octanol–water partition coefficient (Wildman–Crippen LogP) is 1.85. The molecular formula is C15H26N4O. The molecule has 1 aromatic heterocycles. The van der Waals surface area contributed by atoms with Crippen molar-refractivity contribution < 1.29 is 4.42 Å². The van der Waals surface area contributed by atoms with Gasteiger partial charge in [0.2, 0.25) is 0 Å². The van der Waals surface area contributed by atoms with E-state index in [1.165, 1.54) is 32.1 Å². The van der Waals surface area contributed by atoms with Crippen molar-refractivity contribution in [3.8, 4) is 0 Å². The molecule has 2 aliphatic carbocycles. The molecule has 1 aromatic rings. The van der Waals surface area contributed by atoms with E-state index in [2.05, 4.69) is 41.2 Å². The molecule has 0 atom stereocenters. The second-order valence-electron chi connectivity index (χ2n) is 6.60. The van der Waals surface area contributed by atoms with Gasteiger partial charge >= 0.3 is 0 Å². The minimum atomic E-state index is 0.301. The summed E-state index contributed by atoms with van der Waals surface area (Å²) in [7, 11) is 6.43. The highest BCUT2D eigenvalue weighted by molar-refractivity contribution is 5.27. The monoisotopic (exact) mass is 278 g/mol. The molecule has 5 nitrogen and oxygen atoms in total. The maximum Gasteiger partial charge on any atom is 0.297 e. The van der Waals surface area contributed by atoms with Gasteiger partial charge in [-0.05, 0) is 46.2 Å². The van der Waals surface area contributed by atoms with Gasteiger partial charge in [0, 0.05) is 31.7 Å². The molecule has 112 valence electrons. The van der Waals surface area contributed by atoms with E-state index in [-0.39, 0.29) is 0 Å². The number of nitrogens with one attached hydrogen (secondary N) is 1. The Morgan fingerprint density at radius 3 is 2.65 bits per heavy atom. The summed E-state index contributed by atoms with van der Waals surface area (Å²) in [5.74, 6) is 0.